The average Bonchev–Trinajstić information content (AvgIpc) is 2.96. The van der Waals surface area contributed by atoms with Crippen molar-refractivity contribution in [3.8, 4) is 5.75 Å². The Kier molecular flexibility index (Phi) is 9.81. The molecule has 2 unspecified atom stereocenters. The summed E-state index contributed by atoms with van der Waals surface area (Å²) in [6.45, 7) is 1.94. The van der Waals surface area contributed by atoms with Gasteiger partial charge in [0.25, 0.3) is 5.91 Å². The van der Waals surface area contributed by atoms with Gasteiger partial charge in [-0.3, -0.25) is 14.5 Å². The van der Waals surface area contributed by atoms with Gasteiger partial charge in [-0.2, -0.15) is 4.31 Å². The minimum absolute atomic E-state index is 0.00420. The highest BCUT2D eigenvalue weighted by Gasteiger charge is 2.44. The zero-order chi connectivity index (χ0) is 30.3. The molecule has 0 radical (unpaired) electrons. The van der Waals surface area contributed by atoms with Gasteiger partial charge >= 0.3 is 12.0 Å². The summed E-state index contributed by atoms with van der Waals surface area (Å²) in [5, 5.41) is 15.0. The van der Waals surface area contributed by atoms with Gasteiger partial charge in [0.15, 0.2) is 6.17 Å². The van der Waals surface area contributed by atoms with Crippen LogP contribution in [0, 0.1) is 6.92 Å². The SMILES string of the molecule is COc1cccc(NC(=O)N2CCCN(S(=O)(=O)Cc3ccccc3)C2C(=O)NC(CC(=O)O)c2cccc(C)c2)c1. The van der Waals surface area contributed by atoms with Gasteiger partial charge in [-0.1, -0.05) is 66.2 Å². The summed E-state index contributed by atoms with van der Waals surface area (Å²) in [6, 6.07) is 20.6. The van der Waals surface area contributed by atoms with E-state index in [0.29, 0.717) is 29.0 Å². The monoisotopic (exact) mass is 594 g/mol. The Morgan fingerprint density at radius 1 is 1.00 bits per heavy atom. The van der Waals surface area contributed by atoms with Gasteiger partial charge in [0.1, 0.15) is 5.75 Å². The summed E-state index contributed by atoms with van der Waals surface area (Å²) >= 11 is 0. The van der Waals surface area contributed by atoms with Crippen LogP contribution in [-0.2, 0) is 25.4 Å². The van der Waals surface area contributed by atoms with Crippen LogP contribution in [0.25, 0.3) is 0 Å². The molecule has 3 N–H and O–H groups in total. The van der Waals surface area contributed by atoms with Crippen molar-refractivity contribution in [2.45, 2.75) is 37.7 Å². The van der Waals surface area contributed by atoms with Crippen molar-refractivity contribution < 1.29 is 32.6 Å². The third-order valence-corrected chi connectivity index (χ3v) is 8.65. The van der Waals surface area contributed by atoms with Crippen molar-refractivity contribution in [1.29, 1.82) is 0 Å². The summed E-state index contributed by atoms with van der Waals surface area (Å²) in [5.74, 6) is -1.83. The number of methoxy groups -OCH3 is 1. The van der Waals surface area contributed by atoms with Gasteiger partial charge in [0, 0.05) is 24.8 Å². The second-order valence-electron chi connectivity index (χ2n) is 10.0. The molecule has 3 aromatic carbocycles. The van der Waals surface area contributed by atoms with Gasteiger partial charge in [0.05, 0.1) is 25.3 Å². The van der Waals surface area contributed by atoms with Gasteiger partial charge in [-0.25, -0.2) is 13.2 Å². The summed E-state index contributed by atoms with van der Waals surface area (Å²) in [6.07, 6.45) is -1.70. The zero-order valence-electron chi connectivity index (χ0n) is 23.4. The highest BCUT2D eigenvalue weighted by molar-refractivity contribution is 7.88. The number of carboxylic acids is 1. The minimum Gasteiger partial charge on any atom is -0.497 e. The van der Waals surface area contributed by atoms with Crippen molar-refractivity contribution in [1.82, 2.24) is 14.5 Å². The minimum atomic E-state index is -4.10. The predicted molar refractivity (Wildman–Crippen MR) is 157 cm³/mol. The van der Waals surface area contributed by atoms with Crippen LogP contribution in [0.1, 0.15) is 35.6 Å². The molecule has 42 heavy (non-hydrogen) atoms. The molecule has 1 fully saturated rings. The normalized spacial score (nSPS) is 16.3. The number of carbonyl (C=O) groups excluding carboxylic acids is 2. The molecule has 2 atom stereocenters. The predicted octanol–water partition coefficient (Wildman–Crippen LogP) is 3.73. The molecule has 0 bridgehead atoms. The van der Waals surface area contributed by atoms with Crippen molar-refractivity contribution in [3.05, 3.63) is 95.6 Å². The fraction of sp³-hybridized carbons (Fsp3) is 0.300. The number of hydrogen-bond donors (Lipinski definition) is 3. The quantitative estimate of drug-likeness (QED) is 0.324. The van der Waals surface area contributed by atoms with Crippen molar-refractivity contribution in [2.24, 2.45) is 0 Å². The molecule has 0 aliphatic carbocycles. The zero-order valence-corrected chi connectivity index (χ0v) is 24.2. The lowest BCUT2D eigenvalue weighted by Crippen LogP contribution is -2.64. The first-order chi connectivity index (χ1) is 20.1. The second kappa shape index (κ2) is 13.5. The lowest BCUT2D eigenvalue weighted by Gasteiger charge is -2.42. The number of sulfonamides is 1. The smallest absolute Gasteiger partial charge is 0.323 e. The molecule has 11 nitrogen and oxygen atoms in total. The number of carbonyl (C=O) groups is 3. The lowest BCUT2D eigenvalue weighted by molar-refractivity contribution is -0.138. The first-order valence-corrected chi connectivity index (χ1v) is 15.0. The van der Waals surface area contributed by atoms with Crippen LogP contribution in [0.3, 0.4) is 0 Å². The number of ether oxygens (including phenoxy) is 1. The molecule has 222 valence electrons. The number of aliphatic carboxylic acids is 1. The van der Waals surface area contributed by atoms with E-state index in [1.165, 1.54) is 7.11 Å². The second-order valence-corrected chi connectivity index (χ2v) is 11.9. The first kappa shape index (κ1) is 30.5. The number of nitrogens with zero attached hydrogens (tertiary/aromatic N) is 2. The Labute approximate surface area is 245 Å². The van der Waals surface area contributed by atoms with E-state index in [4.69, 9.17) is 4.74 Å². The van der Waals surface area contributed by atoms with Crippen LogP contribution in [0.5, 0.6) is 5.75 Å². The first-order valence-electron chi connectivity index (χ1n) is 13.4. The van der Waals surface area contributed by atoms with Crippen LogP contribution in [0.2, 0.25) is 0 Å². The molecule has 1 aliphatic rings. The number of aryl methyl sites for hydroxylation is 1. The Bertz CT molecular complexity index is 1530. The molecule has 4 rings (SSSR count). The number of nitrogens with one attached hydrogen (secondary N) is 2. The molecule has 0 saturated carbocycles. The van der Waals surface area contributed by atoms with Gasteiger partial charge in [-0.05, 0) is 36.6 Å². The van der Waals surface area contributed by atoms with Crippen molar-refractivity contribution in [3.63, 3.8) is 0 Å². The molecule has 1 heterocycles. The van der Waals surface area contributed by atoms with Crippen LogP contribution >= 0.6 is 0 Å². The summed E-state index contributed by atoms with van der Waals surface area (Å²) in [7, 11) is -2.61. The van der Waals surface area contributed by atoms with E-state index in [2.05, 4.69) is 10.6 Å². The average molecular weight is 595 g/mol. The van der Waals surface area contributed by atoms with Crippen LogP contribution in [0.15, 0.2) is 78.9 Å². The summed E-state index contributed by atoms with van der Waals surface area (Å²) in [5.41, 5.74) is 2.33. The summed E-state index contributed by atoms with van der Waals surface area (Å²) < 4.78 is 33.7. The van der Waals surface area contributed by atoms with Crippen molar-refractivity contribution >= 4 is 33.6 Å². The van der Waals surface area contributed by atoms with Gasteiger partial charge < -0.3 is 20.5 Å². The third kappa shape index (κ3) is 7.65. The number of rotatable bonds is 10. The number of hydrogen-bond acceptors (Lipinski definition) is 6. The maximum atomic E-state index is 14.0. The molecule has 12 heteroatoms. The highest BCUT2D eigenvalue weighted by Crippen LogP contribution is 2.26. The van der Waals surface area contributed by atoms with Crippen LogP contribution in [-0.4, -0.2) is 67.0 Å². The molecule has 3 amide bonds. The topological polar surface area (TPSA) is 145 Å². The third-order valence-electron chi connectivity index (χ3n) is 6.85. The summed E-state index contributed by atoms with van der Waals surface area (Å²) in [4.78, 5) is 40.4. The molecule has 1 aliphatic heterocycles. The number of amides is 3. The number of urea groups is 1. The van der Waals surface area contributed by atoms with Crippen LogP contribution < -0.4 is 15.4 Å². The largest absolute Gasteiger partial charge is 0.497 e. The van der Waals surface area contributed by atoms with E-state index < -0.39 is 46.6 Å². The van der Waals surface area contributed by atoms with Gasteiger partial charge in [-0.15, -0.1) is 0 Å². The number of carboxylic acid groups (broad SMARTS) is 1. The van der Waals surface area contributed by atoms with E-state index in [9.17, 15) is 27.9 Å². The van der Waals surface area contributed by atoms with E-state index in [1.54, 1.807) is 72.8 Å². The maximum Gasteiger partial charge on any atom is 0.323 e. The Morgan fingerprint density at radius 3 is 2.43 bits per heavy atom. The Balaban J connectivity index is 1.69. The van der Waals surface area contributed by atoms with E-state index in [0.717, 1.165) is 14.8 Å². The molecule has 0 aromatic heterocycles. The lowest BCUT2D eigenvalue weighted by atomic mass is 10.0. The van der Waals surface area contributed by atoms with E-state index in [1.807, 2.05) is 13.0 Å². The fourth-order valence-electron chi connectivity index (χ4n) is 4.90. The maximum absolute atomic E-state index is 14.0. The molecular formula is C30H34N4O7S. The van der Waals surface area contributed by atoms with E-state index in [-0.39, 0.29) is 18.8 Å². The molecule has 0 spiro atoms. The molecular weight excluding hydrogens is 560 g/mol. The molecule has 1 saturated heterocycles. The molecule has 3 aromatic rings. The van der Waals surface area contributed by atoms with Crippen LogP contribution in [0.4, 0.5) is 10.5 Å². The van der Waals surface area contributed by atoms with E-state index >= 15 is 0 Å². The standard InChI is InChI=1S/C30H34N4O7S/c1-21-9-6-12-23(17-21)26(19-27(35)36)32-28(37)29-33(30(38)31-24-13-7-14-25(18-24)41-2)15-8-16-34(29)42(39,40)20-22-10-4-3-5-11-22/h3-7,9-14,17-18,26,29H,8,15-16,19-20H2,1-2H3,(H,31,38)(H,32,37)(H,35,36). The van der Waals surface area contributed by atoms with Crippen molar-refractivity contribution in [2.75, 3.05) is 25.5 Å². The Hall–Kier alpha value is -4.42. The number of anilines is 1. The fourth-order valence-corrected chi connectivity index (χ4v) is 6.60. The van der Waals surface area contributed by atoms with Gasteiger partial charge in [0.2, 0.25) is 10.0 Å². The Morgan fingerprint density at radius 2 is 1.74 bits per heavy atom. The number of benzene rings is 3. The highest BCUT2D eigenvalue weighted by atomic mass is 32.2.